The van der Waals surface area contributed by atoms with Gasteiger partial charge in [0.25, 0.3) is 5.90 Å². The van der Waals surface area contributed by atoms with Crippen LogP contribution >= 0.6 is 0 Å². The first-order chi connectivity index (χ1) is 14.7. The first-order valence-corrected chi connectivity index (χ1v) is 10.7. The van der Waals surface area contributed by atoms with Gasteiger partial charge in [0.05, 0.1) is 0 Å². The Kier molecular flexibility index (Phi) is 5.90. The van der Waals surface area contributed by atoms with E-state index < -0.39 is 5.60 Å². The van der Waals surface area contributed by atoms with Gasteiger partial charge >= 0.3 is 6.09 Å². The number of ether oxygens (including phenoxy) is 1. The van der Waals surface area contributed by atoms with Crippen molar-refractivity contribution in [3.8, 4) is 0 Å². The number of piperidine rings is 1. The molecule has 0 spiro atoms. The number of carbonyl (C=O) groups is 1. The summed E-state index contributed by atoms with van der Waals surface area (Å²) in [5, 5.41) is 2.68. The second-order valence-electron chi connectivity index (χ2n) is 9.21. The molecule has 1 fully saturated rings. The summed E-state index contributed by atoms with van der Waals surface area (Å²) in [4.78, 5) is 31.1. The summed E-state index contributed by atoms with van der Waals surface area (Å²) < 4.78 is 11.3. The van der Waals surface area contributed by atoms with Crippen molar-refractivity contribution >= 4 is 23.0 Å². The Morgan fingerprint density at radius 2 is 2.06 bits per heavy atom. The van der Waals surface area contributed by atoms with Crippen molar-refractivity contribution in [2.45, 2.75) is 51.4 Å². The van der Waals surface area contributed by atoms with Crippen molar-refractivity contribution < 1.29 is 18.8 Å². The average Bonchev–Trinajstić information content (AvgIpc) is 3.30. The lowest BCUT2D eigenvalue weighted by atomic mass is 10.0. The van der Waals surface area contributed by atoms with Crippen molar-refractivity contribution in [2.24, 2.45) is 4.99 Å². The summed E-state index contributed by atoms with van der Waals surface area (Å²) in [7, 11) is 3.98. The molecule has 1 atom stereocenters. The summed E-state index contributed by atoms with van der Waals surface area (Å²) in [6.07, 6.45) is 4.91. The van der Waals surface area contributed by atoms with Gasteiger partial charge < -0.3 is 18.9 Å². The van der Waals surface area contributed by atoms with Crippen LogP contribution in [-0.2, 0) is 9.57 Å². The summed E-state index contributed by atoms with van der Waals surface area (Å²) >= 11 is 0. The van der Waals surface area contributed by atoms with E-state index in [0.29, 0.717) is 30.8 Å². The third-order valence-corrected chi connectivity index (χ3v) is 5.63. The molecule has 0 aliphatic carbocycles. The number of likely N-dealkylation sites (N-methyl/N-ethyl adjacent to an activating group) is 2. The first-order valence-electron chi connectivity index (χ1n) is 10.7. The van der Waals surface area contributed by atoms with Gasteiger partial charge in [0.15, 0.2) is 11.9 Å². The summed E-state index contributed by atoms with van der Waals surface area (Å²) in [6.45, 7) is 7.79. The molecule has 4 rings (SSSR count). The standard InChI is InChI=1S/C22H31N5O4/c1-22(2,3)30-21(28)27-10-7-16(8-11-27)25(4)14-19-24-20(31-26(19)5)18-12-15-13-23-9-6-17(15)29-18/h6,9,12-13,16,19H,7-8,10-11,14H2,1-5H3. The summed E-state index contributed by atoms with van der Waals surface area (Å²) in [6, 6.07) is 4.10. The zero-order valence-corrected chi connectivity index (χ0v) is 18.9. The predicted molar refractivity (Wildman–Crippen MR) is 117 cm³/mol. The fourth-order valence-electron chi connectivity index (χ4n) is 3.91. The maximum absolute atomic E-state index is 12.3. The second kappa shape index (κ2) is 8.47. The molecular weight excluding hydrogens is 398 g/mol. The third-order valence-electron chi connectivity index (χ3n) is 5.63. The van der Waals surface area contributed by atoms with E-state index in [1.165, 1.54) is 0 Å². The third kappa shape index (κ3) is 4.99. The molecule has 2 aromatic heterocycles. The van der Waals surface area contributed by atoms with Crippen LogP contribution in [0.15, 0.2) is 33.9 Å². The van der Waals surface area contributed by atoms with Crippen LogP contribution in [0.4, 0.5) is 4.79 Å². The van der Waals surface area contributed by atoms with Crippen LogP contribution < -0.4 is 0 Å². The van der Waals surface area contributed by atoms with Crippen molar-refractivity contribution in [1.29, 1.82) is 0 Å². The number of carbonyl (C=O) groups excluding carboxylic acids is 1. The van der Waals surface area contributed by atoms with E-state index in [9.17, 15) is 4.79 Å². The van der Waals surface area contributed by atoms with Gasteiger partial charge in [-0.2, -0.15) is 0 Å². The molecule has 4 heterocycles. The fourth-order valence-corrected chi connectivity index (χ4v) is 3.91. The van der Waals surface area contributed by atoms with Crippen molar-refractivity contribution in [3.63, 3.8) is 0 Å². The lowest BCUT2D eigenvalue weighted by Crippen LogP contribution is -2.49. The Hall–Kier alpha value is -2.65. The van der Waals surface area contributed by atoms with Gasteiger partial charge in [0, 0.05) is 50.5 Å². The minimum atomic E-state index is -0.468. The van der Waals surface area contributed by atoms with Crippen LogP contribution in [0.1, 0.15) is 39.4 Å². The van der Waals surface area contributed by atoms with Gasteiger partial charge in [-0.3, -0.25) is 9.88 Å². The Balaban J connectivity index is 1.33. The highest BCUT2D eigenvalue weighted by atomic mass is 16.7. The molecule has 0 bridgehead atoms. The highest BCUT2D eigenvalue weighted by Crippen LogP contribution is 2.24. The SMILES string of the molecule is CN(CC1N=C(c2cc3cnccc3o2)ON1C)C1CCN(C(=O)OC(C)(C)C)CC1. The number of pyridine rings is 1. The van der Waals surface area contributed by atoms with Gasteiger partial charge in [0.2, 0.25) is 0 Å². The largest absolute Gasteiger partial charge is 0.451 e. The van der Waals surface area contributed by atoms with E-state index in [-0.39, 0.29) is 12.3 Å². The molecule has 0 aromatic carbocycles. The number of aliphatic imine (C=N–C) groups is 1. The van der Waals surface area contributed by atoms with Crippen LogP contribution in [0, 0.1) is 0 Å². The molecule has 1 unspecified atom stereocenters. The van der Waals surface area contributed by atoms with Gasteiger partial charge in [0.1, 0.15) is 11.2 Å². The zero-order valence-electron chi connectivity index (χ0n) is 18.9. The number of hydrogen-bond acceptors (Lipinski definition) is 8. The first kappa shape index (κ1) is 21.6. The topological polar surface area (TPSA) is 83.6 Å². The molecule has 9 nitrogen and oxygen atoms in total. The zero-order chi connectivity index (χ0) is 22.2. The number of amides is 1. The Labute approximate surface area is 182 Å². The number of hydroxylamine groups is 2. The lowest BCUT2D eigenvalue weighted by molar-refractivity contribution is -0.0669. The maximum Gasteiger partial charge on any atom is 0.410 e. The molecule has 1 saturated heterocycles. The highest BCUT2D eigenvalue weighted by Gasteiger charge is 2.33. The molecule has 2 aliphatic rings. The molecular formula is C22H31N5O4. The monoisotopic (exact) mass is 429 g/mol. The van der Waals surface area contributed by atoms with Crippen LogP contribution in [0.5, 0.6) is 0 Å². The van der Waals surface area contributed by atoms with Crippen LogP contribution in [-0.4, -0.2) is 83.4 Å². The second-order valence-corrected chi connectivity index (χ2v) is 9.21. The minimum Gasteiger partial charge on any atom is -0.451 e. The summed E-state index contributed by atoms with van der Waals surface area (Å²) in [5.74, 6) is 1.09. The van der Waals surface area contributed by atoms with Crippen LogP contribution in [0.2, 0.25) is 0 Å². The number of nitrogens with zero attached hydrogens (tertiary/aromatic N) is 5. The lowest BCUT2D eigenvalue weighted by Gasteiger charge is -2.38. The van der Waals surface area contributed by atoms with Gasteiger partial charge in [-0.15, -0.1) is 5.06 Å². The van der Waals surface area contributed by atoms with E-state index >= 15 is 0 Å². The summed E-state index contributed by atoms with van der Waals surface area (Å²) in [5.41, 5.74) is 0.292. The quantitative estimate of drug-likeness (QED) is 0.738. The smallest absolute Gasteiger partial charge is 0.410 e. The number of aromatic nitrogens is 1. The average molecular weight is 430 g/mol. The van der Waals surface area contributed by atoms with Crippen molar-refractivity contribution in [3.05, 3.63) is 30.3 Å². The number of likely N-dealkylation sites (tertiary alicyclic amines) is 1. The Bertz CT molecular complexity index is 925. The van der Waals surface area contributed by atoms with Gasteiger partial charge in [-0.25, -0.2) is 9.79 Å². The number of furan rings is 1. The molecule has 31 heavy (non-hydrogen) atoms. The number of fused-ring (bicyclic) bond motifs is 1. The molecule has 2 aromatic rings. The van der Waals surface area contributed by atoms with E-state index in [0.717, 1.165) is 30.4 Å². The van der Waals surface area contributed by atoms with Gasteiger partial charge in [-0.05, 0) is 52.8 Å². The molecule has 168 valence electrons. The van der Waals surface area contributed by atoms with Crippen molar-refractivity contribution in [2.75, 3.05) is 33.7 Å². The number of hydrogen-bond donors (Lipinski definition) is 0. The van der Waals surface area contributed by atoms with E-state index in [1.807, 2.05) is 40.0 Å². The Morgan fingerprint density at radius 1 is 1.32 bits per heavy atom. The van der Waals surface area contributed by atoms with Gasteiger partial charge in [-0.1, -0.05) is 0 Å². The molecule has 2 aliphatic heterocycles. The minimum absolute atomic E-state index is 0.129. The number of rotatable bonds is 4. The van der Waals surface area contributed by atoms with E-state index in [1.54, 1.807) is 22.4 Å². The normalized spacial score (nSPS) is 20.9. The van der Waals surface area contributed by atoms with Crippen molar-refractivity contribution in [1.82, 2.24) is 19.8 Å². The maximum atomic E-state index is 12.3. The van der Waals surface area contributed by atoms with Crippen LogP contribution in [0.25, 0.3) is 11.0 Å². The van der Waals surface area contributed by atoms with Crippen LogP contribution in [0.3, 0.4) is 0 Å². The van der Waals surface area contributed by atoms with E-state index in [4.69, 9.17) is 19.0 Å². The predicted octanol–water partition coefficient (Wildman–Crippen LogP) is 3.11. The molecule has 1 amide bonds. The molecule has 9 heteroatoms. The van der Waals surface area contributed by atoms with E-state index in [2.05, 4.69) is 16.9 Å². The molecule has 0 radical (unpaired) electrons. The molecule has 0 N–H and O–H groups in total. The fraction of sp³-hybridized carbons (Fsp3) is 0.591. The highest BCUT2D eigenvalue weighted by molar-refractivity contribution is 5.96. The molecule has 0 saturated carbocycles. The Morgan fingerprint density at radius 3 is 2.74 bits per heavy atom.